The zero-order valence-corrected chi connectivity index (χ0v) is 15.3. The number of hydrogen-bond acceptors (Lipinski definition) is 4. The Hall–Kier alpha value is -1.56. The van der Waals surface area contributed by atoms with Crippen LogP contribution in [0.1, 0.15) is 11.1 Å². The molecule has 4 nitrogen and oxygen atoms in total. The lowest BCUT2D eigenvalue weighted by molar-refractivity contribution is 0.324. The van der Waals surface area contributed by atoms with E-state index in [4.69, 9.17) is 9.47 Å². The summed E-state index contributed by atoms with van der Waals surface area (Å²) in [6, 6.07) is 7.99. The Morgan fingerprint density at radius 2 is 1.91 bits per heavy atom. The zero-order valence-electron chi connectivity index (χ0n) is 12.9. The lowest BCUT2D eigenvalue weighted by atomic mass is 10.2. The van der Waals surface area contributed by atoms with Crippen LogP contribution in [-0.4, -0.2) is 18.7 Å². The van der Waals surface area contributed by atoms with Gasteiger partial charge in [-0.3, -0.25) is 4.98 Å². The van der Waals surface area contributed by atoms with E-state index < -0.39 is 0 Å². The van der Waals surface area contributed by atoms with Crippen LogP contribution in [0, 0.1) is 0 Å². The monoisotopic (exact) mass is 398 g/mol. The van der Waals surface area contributed by atoms with Crippen molar-refractivity contribution in [2.24, 2.45) is 0 Å². The Morgan fingerprint density at radius 1 is 1.22 bits per heavy atom. The fourth-order valence-electron chi connectivity index (χ4n) is 2.01. The summed E-state index contributed by atoms with van der Waals surface area (Å²) in [5, 5.41) is 3.40. The third kappa shape index (κ3) is 5.86. The van der Waals surface area contributed by atoms with Crippen molar-refractivity contribution in [3.8, 4) is 11.5 Å². The minimum absolute atomic E-state index is 0. The molecule has 0 saturated heterocycles. The molecule has 0 atom stereocenters. The second kappa shape index (κ2) is 10.3. The molecule has 2 rings (SSSR count). The van der Waals surface area contributed by atoms with E-state index in [1.165, 1.54) is 5.56 Å². The second-order valence-electron chi connectivity index (χ2n) is 4.67. The smallest absolute Gasteiger partial charge is 0.175 e. The number of nitrogens with one attached hydrogen (secondary N) is 1. The molecule has 0 aliphatic heterocycles. The normalized spacial score (nSPS) is 9.83. The number of pyridine rings is 1. The van der Waals surface area contributed by atoms with Crippen molar-refractivity contribution in [2.75, 3.05) is 13.7 Å². The summed E-state index contributed by atoms with van der Waals surface area (Å²) >= 11 is 3.53. The van der Waals surface area contributed by atoms with Crippen molar-refractivity contribution in [1.82, 2.24) is 10.3 Å². The van der Waals surface area contributed by atoms with Gasteiger partial charge in [-0.25, -0.2) is 0 Å². The molecule has 23 heavy (non-hydrogen) atoms. The number of methoxy groups -OCH3 is 1. The maximum atomic E-state index is 5.62. The van der Waals surface area contributed by atoms with E-state index in [1.807, 2.05) is 24.3 Å². The Bertz CT molecular complexity index is 623. The minimum atomic E-state index is 0. The van der Waals surface area contributed by atoms with E-state index in [-0.39, 0.29) is 12.4 Å². The summed E-state index contributed by atoms with van der Waals surface area (Å²) < 4.78 is 11.9. The summed E-state index contributed by atoms with van der Waals surface area (Å²) in [5.41, 5.74) is 2.32. The van der Waals surface area contributed by atoms with Crippen LogP contribution in [0.2, 0.25) is 0 Å². The summed E-state index contributed by atoms with van der Waals surface area (Å²) in [7, 11) is 1.64. The van der Waals surface area contributed by atoms with Crippen molar-refractivity contribution < 1.29 is 9.47 Å². The van der Waals surface area contributed by atoms with E-state index in [1.54, 1.807) is 25.6 Å². The first-order chi connectivity index (χ1) is 10.7. The van der Waals surface area contributed by atoms with Crippen LogP contribution in [0.5, 0.6) is 11.5 Å². The van der Waals surface area contributed by atoms with Crippen molar-refractivity contribution >= 4 is 28.3 Å². The molecule has 0 aliphatic rings. The number of ether oxygens (including phenoxy) is 2. The van der Waals surface area contributed by atoms with Crippen molar-refractivity contribution in [2.45, 2.75) is 13.1 Å². The van der Waals surface area contributed by atoms with Gasteiger partial charge >= 0.3 is 0 Å². The number of halogens is 2. The Balaban J connectivity index is 0.00000264. The first-order valence-electron chi connectivity index (χ1n) is 6.94. The molecule has 6 heteroatoms. The SMILES string of the molecule is C=CCOc1c(Br)cc(CNCc2ccncc2)cc1OC.Cl. The average Bonchev–Trinajstić information content (AvgIpc) is 2.54. The average molecular weight is 400 g/mol. The highest BCUT2D eigenvalue weighted by atomic mass is 79.9. The van der Waals surface area contributed by atoms with Crippen LogP contribution < -0.4 is 14.8 Å². The van der Waals surface area contributed by atoms with Crippen molar-refractivity contribution in [3.63, 3.8) is 0 Å². The number of hydrogen-bond donors (Lipinski definition) is 1. The maximum Gasteiger partial charge on any atom is 0.175 e. The molecule has 0 radical (unpaired) electrons. The Labute approximate surface area is 151 Å². The van der Waals surface area contributed by atoms with Crippen LogP contribution in [0.3, 0.4) is 0 Å². The number of benzene rings is 1. The van der Waals surface area contributed by atoms with Crippen LogP contribution in [0.25, 0.3) is 0 Å². The molecular formula is C17H20BrClN2O2. The van der Waals surface area contributed by atoms with E-state index in [0.29, 0.717) is 18.1 Å². The molecule has 1 N–H and O–H groups in total. The molecule has 0 saturated carbocycles. The molecule has 2 aromatic rings. The first kappa shape index (κ1) is 19.5. The van der Waals surface area contributed by atoms with Crippen molar-refractivity contribution in [1.29, 1.82) is 0 Å². The molecule has 124 valence electrons. The van der Waals surface area contributed by atoms with Gasteiger partial charge in [-0.05, 0) is 51.3 Å². The molecular weight excluding hydrogens is 380 g/mol. The van der Waals surface area contributed by atoms with Crippen LogP contribution in [-0.2, 0) is 13.1 Å². The van der Waals surface area contributed by atoms with E-state index in [0.717, 1.165) is 23.1 Å². The lowest BCUT2D eigenvalue weighted by Crippen LogP contribution is -2.13. The van der Waals surface area contributed by atoms with Gasteiger partial charge in [0.15, 0.2) is 11.5 Å². The van der Waals surface area contributed by atoms with Gasteiger partial charge in [0.25, 0.3) is 0 Å². The molecule has 0 amide bonds. The largest absolute Gasteiger partial charge is 0.493 e. The standard InChI is InChI=1S/C17H19BrN2O2.ClH/c1-3-8-22-17-15(18)9-14(10-16(17)21-2)12-20-11-13-4-6-19-7-5-13;/h3-7,9-10,20H,1,8,11-12H2,2H3;1H. The Morgan fingerprint density at radius 3 is 2.57 bits per heavy atom. The predicted molar refractivity (Wildman–Crippen MR) is 98.4 cm³/mol. The van der Waals surface area contributed by atoms with Crippen LogP contribution in [0.15, 0.2) is 53.8 Å². The molecule has 0 unspecified atom stereocenters. The summed E-state index contributed by atoms with van der Waals surface area (Å²) in [6.45, 7) is 5.62. The van der Waals surface area contributed by atoms with Gasteiger partial charge in [0.2, 0.25) is 0 Å². The third-order valence-corrected chi connectivity index (χ3v) is 3.63. The molecule has 1 heterocycles. The molecule has 0 bridgehead atoms. The molecule has 0 spiro atoms. The number of nitrogens with zero attached hydrogens (tertiary/aromatic N) is 1. The highest BCUT2D eigenvalue weighted by molar-refractivity contribution is 9.10. The van der Waals surface area contributed by atoms with Gasteiger partial charge in [-0.15, -0.1) is 12.4 Å². The molecule has 1 aromatic heterocycles. The maximum absolute atomic E-state index is 5.62. The highest BCUT2D eigenvalue weighted by Gasteiger charge is 2.11. The topological polar surface area (TPSA) is 43.4 Å². The number of aromatic nitrogens is 1. The zero-order chi connectivity index (χ0) is 15.8. The van der Waals surface area contributed by atoms with Gasteiger partial charge in [-0.2, -0.15) is 0 Å². The summed E-state index contributed by atoms with van der Waals surface area (Å²) in [5.74, 6) is 1.40. The quantitative estimate of drug-likeness (QED) is 0.678. The van der Waals surface area contributed by atoms with E-state index in [2.05, 4.69) is 32.8 Å². The van der Waals surface area contributed by atoms with E-state index >= 15 is 0 Å². The highest BCUT2D eigenvalue weighted by Crippen LogP contribution is 2.36. The van der Waals surface area contributed by atoms with Crippen LogP contribution in [0.4, 0.5) is 0 Å². The first-order valence-corrected chi connectivity index (χ1v) is 7.73. The number of rotatable bonds is 8. The molecule has 1 aromatic carbocycles. The van der Waals surface area contributed by atoms with Gasteiger partial charge < -0.3 is 14.8 Å². The summed E-state index contributed by atoms with van der Waals surface area (Å²) in [6.07, 6.45) is 5.29. The van der Waals surface area contributed by atoms with Crippen molar-refractivity contribution in [3.05, 3.63) is 64.9 Å². The van der Waals surface area contributed by atoms with Gasteiger partial charge in [0.1, 0.15) is 6.61 Å². The fourth-order valence-corrected chi connectivity index (χ4v) is 2.61. The summed E-state index contributed by atoms with van der Waals surface area (Å²) in [4.78, 5) is 4.01. The van der Waals surface area contributed by atoms with Gasteiger partial charge in [0, 0.05) is 25.5 Å². The minimum Gasteiger partial charge on any atom is -0.493 e. The molecule has 0 fully saturated rings. The van der Waals surface area contributed by atoms with Crippen LogP contribution >= 0.6 is 28.3 Å². The molecule has 0 aliphatic carbocycles. The van der Waals surface area contributed by atoms with E-state index in [9.17, 15) is 0 Å². The Kier molecular flexibility index (Phi) is 8.69. The van der Waals surface area contributed by atoms with Gasteiger partial charge in [-0.1, -0.05) is 12.7 Å². The van der Waals surface area contributed by atoms with Gasteiger partial charge in [0.05, 0.1) is 11.6 Å². The lowest BCUT2D eigenvalue weighted by Gasteiger charge is -2.14. The third-order valence-electron chi connectivity index (χ3n) is 3.04. The predicted octanol–water partition coefficient (Wildman–Crippen LogP) is 4.13. The second-order valence-corrected chi connectivity index (χ2v) is 5.52. The fraction of sp³-hybridized carbons (Fsp3) is 0.235.